The predicted molar refractivity (Wildman–Crippen MR) is 111 cm³/mol. The van der Waals surface area contributed by atoms with Crippen molar-refractivity contribution in [3.8, 4) is 5.75 Å². The minimum atomic E-state index is -0.939. The Bertz CT molecular complexity index is 806. The number of nitrogens with zero attached hydrogens (tertiary/aromatic N) is 2. The molecule has 1 saturated heterocycles. The van der Waals surface area contributed by atoms with Gasteiger partial charge in [-0.2, -0.15) is 0 Å². The summed E-state index contributed by atoms with van der Waals surface area (Å²) in [6, 6.07) is 11.7. The van der Waals surface area contributed by atoms with Gasteiger partial charge < -0.3 is 14.4 Å². The highest BCUT2D eigenvalue weighted by molar-refractivity contribution is 5.85. The average molecular weight is 380 g/mol. The molecule has 2 unspecified atom stereocenters. The van der Waals surface area contributed by atoms with E-state index in [1.165, 1.54) is 0 Å². The SMILES string of the molecule is CC1CN(C(=O)C(C)(C)Oc2ccc(/C=C/c3ccncc3)cc2)CC(C)O1. The molecule has 0 N–H and O–H groups in total. The summed E-state index contributed by atoms with van der Waals surface area (Å²) in [5.41, 5.74) is 1.21. The Morgan fingerprint density at radius 1 is 1.04 bits per heavy atom. The van der Waals surface area contributed by atoms with Gasteiger partial charge in [-0.1, -0.05) is 24.3 Å². The van der Waals surface area contributed by atoms with E-state index in [-0.39, 0.29) is 18.1 Å². The fourth-order valence-electron chi connectivity index (χ4n) is 3.38. The predicted octanol–water partition coefficient (Wildman–Crippen LogP) is 4.05. The molecule has 5 nitrogen and oxygen atoms in total. The number of rotatable bonds is 5. The number of carbonyl (C=O) groups excluding carboxylic acids is 1. The molecule has 28 heavy (non-hydrogen) atoms. The van der Waals surface area contributed by atoms with Gasteiger partial charge in [0.15, 0.2) is 5.60 Å². The van der Waals surface area contributed by atoms with Gasteiger partial charge in [0.1, 0.15) is 5.75 Å². The lowest BCUT2D eigenvalue weighted by Gasteiger charge is -2.39. The lowest BCUT2D eigenvalue weighted by atomic mass is 10.1. The topological polar surface area (TPSA) is 51.7 Å². The maximum atomic E-state index is 13.0. The van der Waals surface area contributed by atoms with E-state index in [0.717, 1.165) is 11.1 Å². The summed E-state index contributed by atoms with van der Waals surface area (Å²) in [6.45, 7) is 8.79. The van der Waals surface area contributed by atoms with Crippen LogP contribution in [0.4, 0.5) is 0 Å². The summed E-state index contributed by atoms with van der Waals surface area (Å²) in [6.07, 6.45) is 7.68. The second kappa shape index (κ2) is 8.57. The maximum Gasteiger partial charge on any atom is 0.266 e. The van der Waals surface area contributed by atoms with Crippen molar-refractivity contribution in [3.63, 3.8) is 0 Å². The summed E-state index contributed by atoms with van der Waals surface area (Å²) in [7, 11) is 0. The normalized spacial score (nSPS) is 20.4. The third-order valence-electron chi connectivity index (χ3n) is 4.65. The summed E-state index contributed by atoms with van der Waals surface area (Å²) in [4.78, 5) is 18.8. The fraction of sp³-hybridized carbons (Fsp3) is 0.391. The van der Waals surface area contributed by atoms with Crippen molar-refractivity contribution in [1.82, 2.24) is 9.88 Å². The van der Waals surface area contributed by atoms with E-state index >= 15 is 0 Å². The smallest absolute Gasteiger partial charge is 0.266 e. The van der Waals surface area contributed by atoms with Gasteiger partial charge in [-0.15, -0.1) is 0 Å². The van der Waals surface area contributed by atoms with Crippen LogP contribution in [-0.2, 0) is 9.53 Å². The van der Waals surface area contributed by atoms with Gasteiger partial charge in [0.25, 0.3) is 5.91 Å². The molecular formula is C23H28N2O3. The molecule has 1 fully saturated rings. The van der Waals surface area contributed by atoms with Gasteiger partial charge in [-0.05, 0) is 63.1 Å². The number of aromatic nitrogens is 1. The third-order valence-corrected chi connectivity index (χ3v) is 4.65. The number of benzene rings is 1. The molecule has 0 bridgehead atoms. The van der Waals surface area contributed by atoms with E-state index in [4.69, 9.17) is 9.47 Å². The molecular weight excluding hydrogens is 352 g/mol. The van der Waals surface area contributed by atoms with Crippen LogP contribution in [0.3, 0.4) is 0 Å². The van der Waals surface area contributed by atoms with Crippen molar-refractivity contribution in [3.05, 3.63) is 59.9 Å². The molecule has 5 heteroatoms. The second-order valence-corrected chi connectivity index (χ2v) is 7.76. The van der Waals surface area contributed by atoms with Crippen molar-refractivity contribution in [2.45, 2.75) is 45.5 Å². The molecule has 148 valence electrons. The van der Waals surface area contributed by atoms with Crippen molar-refractivity contribution < 1.29 is 14.3 Å². The monoisotopic (exact) mass is 380 g/mol. The van der Waals surface area contributed by atoms with E-state index in [1.807, 2.05) is 81.1 Å². The average Bonchev–Trinajstić information content (AvgIpc) is 2.66. The molecule has 0 spiro atoms. The molecule has 0 saturated carbocycles. The van der Waals surface area contributed by atoms with Crippen LogP contribution in [0.2, 0.25) is 0 Å². The van der Waals surface area contributed by atoms with Crippen LogP contribution >= 0.6 is 0 Å². The summed E-state index contributed by atoms with van der Waals surface area (Å²) in [5.74, 6) is 0.657. The van der Waals surface area contributed by atoms with Crippen LogP contribution in [0.25, 0.3) is 12.2 Å². The number of amides is 1. The molecule has 1 amide bonds. The zero-order valence-corrected chi connectivity index (χ0v) is 17.0. The lowest BCUT2D eigenvalue weighted by Crippen LogP contribution is -2.55. The van der Waals surface area contributed by atoms with Gasteiger partial charge in [0.05, 0.1) is 12.2 Å². The fourth-order valence-corrected chi connectivity index (χ4v) is 3.38. The number of ether oxygens (including phenoxy) is 2. The zero-order valence-electron chi connectivity index (χ0n) is 17.0. The Hall–Kier alpha value is -2.66. The van der Waals surface area contributed by atoms with Gasteiger partial charge in [0.2, 0.25) is 0 Å². The first-order chi connectivity index (χ1) is 13.3. The molecule has 2 heterocycles. The lowest BCUT2D eigenvalue weighted by molar-refractivity contribution is -0.156. The van der Waals surface area contributed by atoms with Crippen LogP contribution in [0.5, 0.6) is 5.75 Å². The molecule has 1 aromatic heterocycles. The minimum Gasteiger partial charge on any atom is -0.478 e. The Morgan fingerprint density at radius 3 is 2.14 bits per heavy atom. The quantitative estimate of drug-likeness (QED) is 0.785. The standard InChI is InChI=1S/C23H28N2O3/c1-17-15-25(16-18(2)27-17)22(26)23(3,4)28-21-9-7-19(8-10-21)5-6-20-11-13-24-14-12-20/h5-14,17-18H,15-16H2,1-4H3/b6-5+. The van der Waals surface area contributed by atoms with Crippen molar-refractivity contribution in [2.75, 3.05) is 13.1 Å². The van der Waals surface area contributed by atoms with Gasteiger partial charge in [0, 0.05) is 25.5 Å². The largest absolute Gasteiger partial charge is 0.478 e. The van der Waals surface area contributed by atoms with E-state index in [2.05, 4.69) is 4.98 Å². The summed E-state index contributed by atoms with van der Waals surface area (Å²) in [5, 5.41) is 0. The van der Waals surface area contributed by atoms with E-state index in [0.29, 0.717) is 18.8 Å². The molecule has 1 aromatic carbocycles. The Balaban J connectivity index is 1.63. The molecule has 2 atom stereocenters. The molecule has 1 aliphatic heterocycles. The van der Waals surface area contributed by atoms with Crippen molar-refractivity contribution in [1.29, 1.82) is 0 Å². The number of hydrogen-bond donors (Lipinski definition) is 0. The molecule has 0 radical (unpaired) electrons. The zero-order chi connectivity index (χ0) is 20.1. The summed E-state index contributed by atoms with van der Waals surface area (Å²) < 4.78 is 11.8. The highest BCUT2D eigenvalue weighted by Gasteiger charge is 2.37. The Labute approximate surface area is 167 Å². The van der Waals surface area contributed by atoms with E-state index < -0.39 is 5.60 Å². The van der Waals surface area contributed by atoms with Crippen LogP contribution in [0, 0.1) is 0 Å². The highest BCUT2D eigenvalue weighted by Crippen LogP contribution is 2.23. The second-order valence-electron chi connectivity index (χ2n) is 7.76. The maximum absolute atomic E-state index is 13.0. The number of morpholine rings is 1. The van der Waals surface area contributed by atoms with Gasteiger partial charge >= 0.3 is 0 Å². The summed E-state index contributed by atoms with van der Waals surface area (Å²) >= 11 is 0. The molecule has 3 rings (SSSR count). The van der Waals surface area contributed by atoms with Gasteiger partial charge in [-0.3, -0.25) is 9.78 Å². The first kappa shape index (κ1) is 20.1. The number of pyridine rings is 1. The van der Waals surface area contributed by atoms with E-state index in [1.54, 1.807) is 12.4 Å². The first-order valence-electron chi connectivity index (χ1n) is 9.65. The first-order valence-corrected chi connectivity index (χ1v) is 9.65. The third kappa shape index (κ3) is 5.20. The van der Waals surface area contributed by atoms with E-state index in [9.17, 15) is 4.79 Å². The Morgan fingerprint density at radius 2 is 1.57 bits per heavy atom. The molecule has 2 aromatic rings. The highest BCUT2D eigenvalue weighted by atomic mass is 16.5. The Kier molecular flexibility index (Phi) is 6.15. The van der Waals surface area contributed by atoms with Crippen molar-refractivity contribution in [2.24, 2.45) is 0 Å². The minimum absolute atomic E-state index is 0.0174. The van der Waals surface area contributed by atoms with Gasteiger partial charge in [-0.25, -0.2) is 0 Å². The van der Waals surface area contributed by atoms with Crippen LogP contribution in [0.1, 0.15) is 38.8 Å². The number of carbonyl (C=O) groups is 1. The number of hydrogen-bond acceptors (Lipinski definition) is 4. The van der Waals surface area contributed by atoms with Crippen molar-refractivity contribution >= 4 is 18.1 Å². The molecule has 1 aliphatic rings. The van der Waals surface area contributed by atoms with Crippen LogP contribution in [0.15, 0.2) is 48.8 Å². The van der Waals surface area contributed by atoms with Crippen LogP contribution in [-0.4, -0.2) is 46.7 Å². The van der Waals surface area contributed by atoms with Crippen LogP contribution < -0.4 is 4.74 Å². The molecule has 0 aliphatic carbocycles.